The number of benzene rings is 2. The molecule has 2 atom stereocenters. The molecule has 0 unspecified atom stereocenters. The Morgan fingerprint density at radius 3 is 2.37 bits per heavy atom. The lowest BCUT2D eigenvalue weighted by Gasteiger charge is -2.34. The highest BCUT2D eigenvalue weighted by atomic mass is 35.5. The molecule has 1 N–H and O–H groups in total. The van der Waals surface area contributed by atoms with Gasteiger partial charge < -0.3 is 5.32 Å². The van der Waals surface area contributed by atoms with Gasteiger partial charge in [0.15, 0.2) is 5.54 Å². The first-order chi connectivity index (χ1) is 14.3. The summed E-state index contributed by atoms with van der Waals surface area (Å²) >= 11 is 12.1. The predicted octanol–water partition coefficient (Wildman–Crippen LogP) is 3.31. The third-order valence-corrected chi connectivity index (χ3v) is 5.97. The molecule has 0 bridgehead atoms. The zero-order valence-corrected chi connectivity index (χ0v) is 17.4. The van der Waals surface area contributed by atoms with E-state index in [2.05, 4.69) is 11.4 Å². The molecule has 4 rings (SSSR count). The van der Waals surface area contributed by atoms with E-state index in [-0.39, 0.29) is 22.3 Å². The average molecular weight is 443 g/mol. The lowest BCUT2D eigenvalue weighted by molar-refractivity contribution is -0.136. The molecule has 2 aliphatic heterocycles. The summed E-state index contributed by atoms with van der Waals surface area (Å²) in [5.74, 6) is -1.54. The molecular formula is C21H16Cl2N4O3. The molecule has 2 heterocycles. The van der Waals surface area contributed by atoms with Crippen LogP contribution in [0.2, 0.25) is 10.0 Å². The molecule has 1 spiro atoms. The van der Waals surface area contributed by atoms with Gasteiger partial charge in [0.25, 0.3) is 5.91 Å². The van der Waals surface area contributed by atoms with Gasteiger partial charge in [-0.25, -0.2) is 14.6 Å². The molecule has 0 aromatic heterocycles. The fourth-order valence-electron chi connectivity index (χ4n) is 4.30. The third-order valence-electron chi connectivity index (χ3n) is 5.54. The number of nitriles is 1. The summed E-state index contributed by atoms with van der Waals surface area (Å²) in [7, 11) is 0. The molecule has 2 fully saturated rings. The number of hydrogen-bond acceptors (Lipinski definition) is 5. The number of urea groups is 1. The second kappa shape index (κ2) is 7.40. The van der Waals surface area contributed by atoms with Gasteiger partial charge in [0.05, 0.1) is 17.3 Å². The Bertz CT molecular complexity index is 1090. The van der Waals surface area contributed by atoms with Crippen LogP contribution in [0.1, 0.15) is 24.0 Å². The number of imide groups is 2. The standard InChI is InChI=1S/C21H16Cl2N4O3/c1-12(28)27-20(30)26(17-7-15(22)6-16(23)8-17)19(29)21(27)11-25-10-18(21)14-4-2-13(9-24)3-5-14/h2-8,18,25H,10-11H2,1H3/t18-,21-/m1/s1. The second-order valence-electron chi connectivity index (χ2n) is 7.25. The van der Waals surface area contributed by atoms with Crippen LogP contribution in [0.5, 0.6) is 0 Å². The monoisotopic (exact) mass is 442 g/mol. The van der Waals surface area contributed by atoms with Gasteiger partial charge in [-0.3, -0.25) is 9.59 Å². The molecule has 2 saturated heterocycles. The van der Waals surface area contributed by atoms with Crippen molar-refractivity contribution in [2.24, 2.45) is 0 Å². The summed E-state index contributed by atoms with van der Waals surface area (Å²) < 4.78 is 0. The van der Waals surface area contributed by atoms with E-state index in [0.717, 1.165) is 15.4 Å². The third kappa shape index (κ3) is 2.96. The van der Waals surface area contributed by atoms with Gasteiger partial charge in [-0.05, 0) is 35.9 Å². The number of nitrogens with one attached hydrogen (secondary N) is 1. The number of halogens is 2. The van der Waals surface area contributed by atoms with Gasteiger partial charge in [-0.1, -0.05) is 35.3 Å². The Morgan fingerprint density at radius 1 is 1.17 bits per heavy atom. The molecule has 9 heteroatoms. The molecule has 152 valence electrons. The van der Waals surface area contributed by atoms with Crippen molar-refractivity contribution in [3.63, 3.8) is 0 Å². The van der Waals surface area contributed by atoms with E-state index >= 15 is 0 Å². The van der Waals surface area contributed by atoms with E-state index in [9.17, 15) is 14.4 Å². The van der Waals surface area contributed by atoms with Crippen molar-refractivity contribution in [2.75, 3.05) is 18.0 Å². The second-order valence-corrected chi connectivity index (χ2v) is 8.12. The first-order valence-electron chi connectivity index (χ1n) is 9.16. The predicted molar refractivity (Wildman–Crippen MR) is 111 cm³/mol. The van der Waals surface area contributed by atoms with Crippen LogP contribution < -0.4 is 10.2 Å². The van der Waals surface area contributed by atoms with E-state index in [0.29, 0.717) is 12.1 Å². The number of nitrogens with zero attached hydrogens (tertiary/aromatic N) is 3. The molecule has 2 aromatic rings. The minimum absolute atomic E-state index is 0.118. The van der Waals surface area contributed by atoms with E-state index in [1.54, 1.807) is 24.3 Å². The molecular weight excluding hydrogens is 427 g/mol. The highest BCUT2D eigenvalue weighted by Gasteiger charge is 2.65. The van der Waals surface area contributed by atoms with E-state index < -0.39 is 29.3 Å². The minimum Gasteiger partial charge on any atom is -0.313 e. The van der Waals surface area contributed by atoms with Crippen molar-refractivity contribution in [3.8, 4) is 6.07 Å². The summed E-state index contributed by atoms with van der Waals surface area (Å²) in [5, 5.41) is 12.7. The molecule has 0 saturated carbocycles. The summed E-state index contributed by atoms with van der Waals surface area (Å²) in [4.78, 5) is 41.5. The van der Waals surface area contributed by atoms with Crippen LogP contribution in [-0.4, -0.2) is 41.4 Å². The Hall–Kier alpha value is -2.92. The summed E-state index contributed by atoms with van der Waals surface area (Å²) in [6.07, 6.45) is 0. The SMILES string of the molecule is CC(=O)N1C(=O)N(c2cc(Cl)cc(Cl)c2)C(=O)[C@]12CNC[C@@H]2c1ccc(C#N)cc1. The van der Waals surface area contributed by atoms with Gasteiger partial charge in [0, 0.05) is 36.0 Å². The topological polar surface area (TPSA) is 93.5 Å². The molecule has 2 aromatic carbocycles. The van der Waals surface area contributed by atoms with Crippen LogP contribution in [-0.2, 0) is 9.59 Å². The van der Waals surface area contributed by atoms with Crippen molar-refractivity contribution in [2.45, 2.75) is 18.4 Å². The summed E-state index contributed by atoms with van der Waals surface area (Å²) in [6, 6.07) is 12.5. The smallest absolute Gasteiger partial charge is 0.313 e. The van der Waals surface area contributed by atoms with Crippen molar-refractivity contribution in [3.05, 3.63) is 63.6 Å². The molecule has 4 amide bonds. The number of carbonyl (C=O) groups excluding carboxylic acids is 3. The largest absolute Gasteiger partial charge is 0.339 e. The van der Waals surface area contributed by atoms with E-state index in [4.69, 9.17) is 28.5 Å². The van der Waals surface area contributed by atoms with Gasteiger partial charge >= 0.3 is 6.03 Å². The first kappa shape index (κ1) is 20.4. The zero-order chi connectivity index (χ0) is 21.6. The van der Waals surface area contributed by atoms with Gasteiger partial charge in [0.1, 0.15) is 0 Å². The van der Waals surface area contributed by atoms with E-state index in [1.807, 2.05) is 0 Å². The van der Waals surface area contributed by atoms with Crippen molar-refractivity contribution < 1.29 is 14.4 Å². The number of amides is 4. The molecule has 2 aliphatic rings. The highest BCUT2D eigenvalue weighted by molar-refractivity contribution is 6.36. The van der Waals surface area contributed by atoms with Crippen molar-refractivity contribution in [1.29, 1.82) is 5.26 Å². The van der Waals surface area contributed by atoms with Crippen LogP contribution >= 0.6 is 23.2 Å². The quantitative estimate of drug-likeness (QED) is 0.719. The maximum Gasteiger partial charge on any atom is 0.339 e. The zero-order valence-electron chi connectivity index (χ0n) is 15.9. The molecule has 30 heavy (non-hydrogen) atoms. The van der Waals surface area contributed by atoms with Crippen LogP contribution in [0.4, 0.5) is 10.5 Å². The van der Waals surface area contributed by atoms with Crippen LogP contribution in [0.15, 0.2) is 42.5 Å². The molecule has 7 nitrogen and oxygen atoms in total. The van der Waals surface area contributed by atoms with Crippen LogP contribution in [0.25, 0.3) is 0 Å². The summed E-state index contributed by atoms with van der Waals surface area (Å²) in [5.41, 5.74) is 0.00553. The van der Waals surface area contributed by atoms with Crippen molar-refractivity contribution >= 4 is 46.7 Å². The normalized spacial score (nSPS) is 23.3. The minimum atomic E-state index is -1.42. The Labute approximate surface area is 182 Å². The number of carbonyl (C=O) groups is 3. The highest BCUT2D eigenvalue weighted by Crippen LogP contribution is 2.44. The first-order valence-corrected chi connectivity index (χ1v) is 9.91. The Morgan fingerprint density at radius 2 is 1.80 bits per heavy atom. The fraction of sp³-hybridized carbons (Fsp3) is 0.238. The lowest BCUT2D eigenvalue weighted by atomic mass is 9.80. The Balaban J connectivity index is 1.86. The number of hydrogen-bond donors (Lipinski definition) is 1. The summed E-state index contributed by atoms with van der Waals surface area (Å²) in [6.45, 7) is 1.76. The Kier molecular flexibility index (Phi) is 5.02. The fourth-order valence-corrected chi connectivity index (χ4v) is 4.82. The molecule has 0 aliphatic carbocycles. The van der Waals surface area contributed by atoms with Gasteiger partial charge in [-0.2, -0.15) is 5.26 Å². The number of anilines is 1. The van der Waals surface area contributed by atoms with Gasteiger partial charge in [-0.15, -0.1) is 0 Å². The van der Waals surface area contributed by atoms with Crippen LogP contribution in [0.3, 0.4) is 0 Å². The number of rotatable bonds is 2. The van der Waals surface area contributed by atoms with Crippen molar-refractivity contribution in [1.82, 2.24) is 10.2 Å². The van der Waals surface area contributed by atoms with E-state index in [1.165, 1.54) is 25.1 Å². The van der Waals surface area contributed by atoms with Gasteiger partial charge in [0.2, 0.25) is 5.91 Å². The maximum atomic E-state index is 13.7. The van der Waals surface area contributed by atoms with Crippen LogP contribution in [0, 0.1) is 11.3 Å². The lowest BCUT2D eigenvalue weighted by Crippen LogP contribution is -2.56. The average Bonchev–Trinajstić information content (AvgIpc) is 3.21. The molecule has 0 radical (unpaired) electrons. The maximum absolute atomic E-state index is 13.7.